The molecule has 1 aliphatic rings. The van der Waals surface area contributed by atoms with Gasteiger partial charge in [0.05, 0.1) is 18.0 Å². The van der Waals surface area contributed by atoms with Gasteiger partial charge in [0.15, 0.2) is 0 Å². The molecule has 0 unspecified atom stereocenters. The zero-order valence-corrected chi connectivity index (χ0v) is 19.8. The minimum absolute atomic E-state index is 0.125. The highest BCUT2D eigenvalue weighted by molar-refractivity contribution is 6.46. The number of para-hydroxylation sites is 2. The predicted molar refractivity (Wildman–Crippen MR) is 141 cm³/mol. The number of ether oxygens (including phenoxy) is 1. The highest BCUT2D eigenvalue weighted by atomic mass is 16.5. The maximum absolute atomic E-state index is 13.7. The van der Waals surface area contributed by atoms with E-state index in [1.165, 1.54) is 0 Å². The number of carbonyl (C=O) groups is 3. The molecule has 1 aliphatic heterocycles. The average Bonchev–Trinajstić information content (AvgIpc) is 2.91. The number of nitrogens with zero attached hydrogens (tertiary/aromatic N) is 2. The van der Waals surface area contributed by atoms with Gasteiger partial charge in [0.1, 0.15) is 11.3 Å². The third kappa shape index (κ3) is 4.14. The van der Waals surface area contributed by atoms with Crippen LogP contribution in [0.1, 0.15) is 18.9 Å². The summed E-state index contributed by atoms with van der Waals surface area (Å²) in [4.78, 5) is 43.1. The molecule has 4 amide bonds. The fourth-order valence-corrected chi connectivity index (χ4v) is 4.25. The number of benzene rings is 4. The van der Waals surface area contributed by atoms with Gasteiger partial charge in [-0.05, 0) is 53.6 Å². The van der Waals surface area contributed by atoms with E-state index in [1.54, 1.807) is 66.7 Å². The summed E-state index contributed by atoms with van der Waals surface area (Å²) in [5.74, 6) is -0.798. The Morgan fingerprint density at radius 3 is 1.83 bits per heavy atom. The number of anilines is 2. The molecule has 0 N–H and O–H groups in total. The summed E-state index contributed by atoms with van der Waals surface area (Å²) in [7, 11) is 0. The highest BCUT2D eigenvalue weighted by Gasteiger charge is 2.43. The van der Waals surface area contributed by atoms with Crippen LogP contribution in [0.5, 0.6) is 5.75 Å². The Labute approximate surface area is 209 Å². The smallest absolute Gasteiger partial charge is 0.343 e. The first kappa shape index (κ1) is 23.1. The molecule has 0 bridgehead atoms. The lowest BCUT2D eigenvalue weighted by Crippen LogP contribution is -2.57. The molecule has 1 saturated heterocycles. The molecule has 0 aliphatic carbocycles. The lowest BCUT2D eigenvalue weighted by molar-refractivity contribution is -0.121. The fourth-order valence-electron chi connectivity index (χ4n) is 4.25. The van der Waals surface area contributed by atoms with Crippen molar-refractivity contribution in [2.75, 3.05) is 16.4 Å². The summed E-state index contributed by atoms with van der Waals surface area (Å²) in [6.45, 7) is 2.50. The second-order valence-corrected chi connectivity index (χ2v) is 8.34. The van der Waals surface area contributed by atoms with Crippen molar-refractivity contribution >= 4 is 46.1 Å². The minimum Gasteiger partial charge on any atom is -0.493 e. The quantitative estimate of drug-likeness (QED) is 0.245. The van der Waals surface area contributed by atoms with Gasteiger partial charge in [-0.1, -0.05) is 73.7 Å². The normalized spacial score (nSPS) is 13.9. The van der Waals surface area contributed by atoms with E-state index in [1.807, 2.05) is 43.3 Å². The number of amides is 4. The Hall–Kier alpha value is -4.71. The van der Waals surface area contributed by atoms with Gasteiger partial charge >= 0.3 is 6.03 Å². The average molecular weight is 477 g/mol. The number of hydrogen-bond donors (Lipinski definition) is 0. The Balaban J connectivity index is 1.72. The maximum Gasteiger partial charge on any atom is 0.343 e. The summed E-state index contributed by atoms with van der Waals surface area (Å²) >= 11 is 0. The first-order valence-corrected chi connectivity index (χ1v) is 11.8. The first-order chi connectivity index (χ1) is 17.6. The Morgan fingerprint density at radius 2 is 1.25 bits per heavy atom. The van der Waals surface area contributed by atoms with Crippen molar-refractivity contribution in [3.8, 4) is 5.75 Å². The molecule has 0 atom stereocenters. The molecule has 1 fully saturated rings. The molecule has 1 heterocycles. The topological polar surface area (TPSA) is 66.9 Å². The van der Waals surface area contributed by atoms with Gasteiger partial charge in [-0.15, -0.1) is 0 Å². The monoisotopic (exact) mass is 476 g/mol. The van der Waals surface area contributed by atoms with Crippen molar-refractivity contribution in [2.24, 2.45) is 0 Å². The van der Waals surface area contributed by atoms with Crippen LogP contribution in [0.4, 0.5) is 16.2 Å². The molecular formula is C30H24N2O4. The van der Waals surface area contributed by atoms with Gasteiger partial charge in [-0.2, -0.15) is 0 Å². The molecule has 0 saturated carbocycles. The molecule has 0 spiro atoms. The lowest BCUT2D eigenvalue weighted by Gasteiger charge is -2.34. The number of urea groups is 1. The van der Waals surface area contributed by atoms with Crippen LogP contribution in [0.2, 0.25) is 0 Å². The van der Waals surface area contributed by atoms with Gasteiger partial charge in [0.2, 0.25) is 0 Å². The van der Waals surface area contributed by atoms with E-state index in [0.29, 0.717) is 29.3 Å². The van der Waals surface area contributed by atoms with Crippen LogP contribution in [0.15, 0.2) is 103 Å². The third-order valence-corrected chi connectivity index (χ3v) is 5.96. The van der Waals surface area contributed by atoms with Gasteiger partial charge in [0.25, 0.3) is 11.8 Å². The molecule has 0 radical (unpaired) electrons. The first-order valence-electron chi connectivity index (χ1n) is 11.8. The Morgan fingerprint density at radius 1 is 0.694 bits per heavy atom. The molecule has 4 aromatic carbocycles. The number of carbonyl (C=O) groups excluding carboxylic acids is 3. The van der Waals surface area contributed by atoms with E-state index in [4.69, 9.17) is 4.74 Å². The molecule has 0 aromatic heterocycles. The summed E-state index contributed by atoms with van der Waals surface area (Å²) in [6.07, 6.45) is 2.36. The molecule has 6 nitrogen and oxygen atoms in total. The van der Waals surface area contributed by atoms with Crippen LogP contribution in [-0.2, 0) is 9.59 Å². The predicted octanol–water partition coefficient (Wildman–Crippen LogP) is 6.21. The van der Waals surface area contributed by atoms with Gasteiger partial charge in [-0.3, -0.25) is 9.59 Å². The second-order valence-electron chi connectivity index (χ2n) is 8.34. The number of fused-ring (bicyclic) bond motifs is 1. The number of rotatable bonds is 6. The van der Waals surface area contributed by atoms with Crippen molar-refractivity contribution in [3.05, 3.63) is 108 Å². The van der Waals surface area contributed by atoms with E-state index >= 15 is 0 Å². The summed E-state index contributed by atoms with van der Waals surface area (Å²) in [6, 6.07) is 28.0. The van der Waals surface area contributed by atoms with Crippen molar-refractivity contribution in [3.63, 3.8) is 0 Å². The molecule has 178 valence electrons. The van der Waals surface area contributed by atoms with E-state index in [-0.39, 0.29) is 5.57 Å². The second kappa shape index (κ2) is 9.88. The summed E-state index contributed by atoms with van der Waals surface area (Å²) in [5.41, 5.74) is 1.26. The van der Waals surface area contributed by atoms with E-state index < -0.39 is 17.8 Å². The van der Waals surface area contributed by atoms with E-state index in [0.717, 1.165) is 27.0 Å². The van der Waals surface area contributed by atoms with Crippen LogP contribution in [0.25, 0.3) is 16.8 Å². The molecule has 4 aromatic rings. The van der Waals surface area contributed by atoms with Crippen LogP contribution in [0, 0.1) is 0 Å². The van der Waals surface area contributed by atoms with Gasteiger partial charge in [0, 0.05) is 5.56 Å². The Bertz CT molecular complexity index is 1420. The third-order valence-electron chi connectivity index (χ3n) is 5.96. The number of hydrogen-bond acceptors (Lipinski definition) is 4. The largest absolute Gasteiger partial charge is 0.493 e. The fraction of sp³-hybridized carbons (Fsp3) is 0.100. The van der Waals surface area contributed by atoms with Gasteiger partial charge in [-0.25, -0.2) is 14.6 Å². The van der Waals surface area contributed by atoms with Crippen LogP contribution < -0.4 is 14.5 Å². The number of barbiturate groups is 1. The van der Waals surface area contributed by atoms with Crippen molar-refractivity contribution in [1.29, 1.82) is 0 Å². The molecular weight excluding hydrogens is 452 g/mol. The van der Waals surface area contributed by atoms with Crippen LogP contribution in [-0.4, -0.2) is 24.5 Å². The zero-order valence-electron chi connectivity index (χ0n) is 19.8. The van der Waals surface area contributed by atoms with Crippen molar-refractivity contribution in [2.45, 2.75) is 13.3 Å². The van der Waals surface area contributed by atoms with E-state index in [2.05, 4.69) is 0 Å². The Kier molecular flexibility index (Phi) is 6.33. The SMILES string of the molecule is CCCOc1ccc2ccccc2c1C=C1C(=O)N(c2ccccc2)C(=O)N(c2ccccc2)C1=O. The molecule has 6 heteroatoms. The summed E-state index contributed by atoms with van der Waals surface area (Å²) < 4.78 is 5.99. The van der Waals surface area contributed by atoms with Crippen LogP contribution in [0.3, 0.4) is 0 Å². The number of imide groups is 2. The zero-order chi connectivity index (χ0) is 25.1. The van der Waals surface area contributed by atoms with Gasteiger partial charge < -0.3 is 4.74 Å². The highest BCUT2D eigenvalue weighted by Crippen LogP contribution is 2.34. The van der Waals surface area contributed by atoms with E-state index in [9.17, 15) is 14.4 Å². The lowest BCUT2D eigenvalue weighted by atomic mass is 9.99. The molecule has 5 rings (SSSR count). The van der Waals surface area contributed by atoms with Crippen LogP contribution >= 0.6 is 0 Å². The minimum atomic E-state index is -0.722. The maximum atomic E-state index is 13.7. The standard InChI is InChI=1S/C30H24N2O4/c1-2-19-36-27-18-17-21-11-9-10-16-24(21)25(27)20-26-28(33)31(22-12-5-3-6-13-22)30(35)32(29(26)34)23-14-7-4-8-15-23/h3-18,20H,2,19H2,1H3. The van der Waals surface area contributed by atoms with Crippen molar-refractivity contribution < 1.29 is 19.1 Å². The summed E-state index contributed by atoms with van der Waals surface area (Å²) in [5, 5.41) is 1.79. The van der Waals surface area contributed by atoms with Crippen molar-refractivity contribution in [1.82, 2.24) is 0 Å². The molecule has 36 heavy (non-hydrogen) atoms.